The molecule has 0 aromatic carbocycles. The van der Waals surface area contributed by atoms with Gasteiger partial charge in [-0.05, 0) is 19.3 Å². The standard InChI is InChI=1S/C9H13BrO/c1-2-7-11-9-6-4-3-5-8(9)10/h2,5,9H,1,3-4,6-7H2. The minimum Gasteiger partial charge on any atom is -0.369 e. The van der Waals surface area contributed by atoms with Gasteiger partial charge >= 0.3 is 0 Å². The average Bonchev–Trinajstić information content (AvgIpc) is 2.03. The van der Waals surface area contributed by atoms with Crippen molar-refractivity contribution >= 4 is 15.9 Å². The van der Waals surface area contributed by atoms with Crippen LogP contribution >= 0.6 is 15.9 Å². The normalized spacial score (nSPS) is 24.5. The third kappa shape index (κ3) is 2.80. The summed E-state index contributed by atoms with van der Waals surface area (Å²) >= 11 is 3.49. The lowest BCUT2D eigenvalue weighted by Crippen LogP contribution is -2.15. The number of allylic oxidation sites excluding steroid dienone is 1. The maximum absolute atomic E-state index is 5.51. The molecule has 1 unspecified atom stereocenters. The summed E-state index contributed by atoms with van der Waals surface area (Å²) in [7, 11) is 0. The van der Waals surface area contributed by atoms with Crippen molar-refractivity contribution in [2.45, 2.75) is 25.4 Å². The van der Waals surface area contributed by atoms with Crippen LogP contribution in [0.5, 0.6) is 0 Å². The van der Waals surface area contributed by atoms with Gasteiger partial charge in [-0.15, -0.1) is 6.58 Å². The van der Waals surface area contributed by atoms with Crippen LogP contribution in [0.2, 0.25) is 0 Å². The van der Waals surface area contributed by atoms with Crippen LogP contribution in [0.3, 0.4) is 0 Å². The molecule has 11 heavy (non-hydrogen) atoms. The van der Waals surface area contributed by atoms with Crippen LogP contribution < -0.4 is 0 Å². The van der Waals surface area contributed by atoms with E-state index in [9.17, 15) is 0 Å². The van der Waals surface area contributed by atoms with E-state index >= 15 is 0 Å². The van der Waals surface area contributed by atoms with Crippen LogP contribution in [-0.4, -0.2) is 12.7 Å². The number of halogens is 1. The zero-order valence-corrected chi connectivity index (χ0v) is 8.14. The van der Waals surface area contributed by atoms with Crippen LogP contribution in [0.25, 0.3) is 0 Å². The monoisotopic (exact) mass is 216 g/mol. The SMILES string of the molecule is C=CCOC1CCCC=C1Br. The van der Waals surface area contributed by atoms with Crippen molar-refractivity contribution in [2.24, 2.45) is 0 Å². The van der Waals surface area contributed by atoms with Crippen LogP contribution in [0.15, 0.2) is 23.2 Å². The molecule has 0 heterocycles. The topological polar surface area (TPSA) is 9.23 Å². The summed E-state index contributed by atoms with van der Waals surface area (Å²) in [5.41, 5.74) is 0. The predicted octanol–water partition coefficient (Wildman–Crippen LogP) is 3.02. The molecule has 1 aliphatic carbocycles. The number of hydrogen-bond acceptors (Lipinski definition) is 1. The maximum atomic E-state index is 5.51. The Morgan fingerprint density at radius 1 is 1.82 bits per heavy atom. The highest BCUT2D eigenvalue weighted by Gasteiger charge is 2.14. The molecule has 1 aliphatic rings. The number of rotatable bonds is 3. The molecule has 0 saturated heterocycles. The van der Waals surface area contributed by atoms with Crippen molar-refractivity contribution in [3.8, 4) is 0 Å². The lowest BCUT2D eigenvalue weighted by atomic mass is 10.1. The first kappa shape index (κ1) is 9.01. The Balaban J connectivity index is 2.36. The quantitative estimate of drug-likeness (QED) is 0.660. The summed E-state index contributed by atoms with van der Waals surface area (Å²) < 4.78 is 6.71. The first-order chi connectivity index (χ1) is 5.34. The van der Waals surface area contributed by atoms with Gasteiger partial charge < -0.3 is 4.74 Å². The molecule has 0 amide bonds. The van der Waals surface area contributed by atoms with Crippen molar-refractivity contribution in [1.82, 2.24) is 0 Å². The first-order valence-electron chi connectivity index (χ1n) is 3.92. The molecule has 0 aromatic rings. The van der Waals surface area contributed by atoms with Gasteiger partial charge in [0.1, 0.15) is 0 Å². The molecule has 62 valence electrons. The Morgan fingerprint density at radius 2 is 2.64 bits per heavy atom. The Hall–Kier alpha value is -0.0800. The van der Waals surface area contributed by atoms with Gasteiger partial charge in [-0.3, -0.25) is 0 Å². The molecule has 0 radical (unpaired) electrons. The van der Waals surface area contributed by atoms with E-state index in [-0.39, 0.29) is 6.10 Å². The second kappa shape index (κ2) is 4.73. The fourth-order valence-electron chi connectivity index (χ4n) is 1.16. The van der Waals surface area contributed by atoms with Crippen molar-refractivity contribution < 1.29 is 4.74 Å². The van der Waals surface area contributed by atoms with E-state index in [1.807, 2.05) is 0 Å². The second-order valence-corrected chi connectivity index (χ2v) is 3.55. The second-order valence-electron chi connectivity index (χ2n) is 2.63. The van der Waals surface area contributed by atoms with Crippen LogP contribution in [0, 0.1) is 0 Å². The highest BCUT2D eigenvalue weighted by Crippen LogP contribution is 2.25. The lowest BCUT2D eigenvalue weighted by molar-refractivity contribution is 0.0959. The maximum Gasteiger partial charge on any atom is 0.0890 e. The van der Waals surface area contributed by atoms with E-state index in [0.717, 1.165) is 6.42 Å². The molecule has 0 saturated carbocycles. The Bertz CT molecular complexity index is 163. The summed E-state index contributed by atoms with van der Waals surface area (Å²) in [4.78, 5) is 0. The van der Waals surface area contributed by atoms with Gasteiger partial charge in [-0.1, -0.05) is 28.1 Å². The van der Waals surface area contributed by atoms with Gasteiger partial charge in [0.25, 0.3) is 0 Å². The highest BCUT2D eigenvalue weighted by atomic mass is 79.9. The van der Waals surface area contributed by atoms with E-state index in [4.69, 9.17) is 4.74 Å². The smallest absolute Gasteiger partial charge is 0.0890 e. The minimum atomic E-state index is 0.279. The minimum absolute atomic E-state index is 0.279. The molecule has 2 heteroatoms. The summed E-state index contributed by atoms with van der Waals surface area (Å²) in [6.07, 6.45) is 7.80. The molecule has 1 rings (SSSR count). The molecule has 0 aliphatic heterocycles. The first-order valence-corrected chi connectivity index (χ1v) is 4.72. The van der Waals surface area contributed by atoms with Gasteiger partial charge in [0.2, 0.25) is 0 Å². The van der Waals surface area contributed by atoms with Gasteiger partial charge in [0.15, 0.2) is 0 Å². The summed E-state index contributed by atoms with van der Waals surface area (Å²) in [6, 6.07) is 0. The zero-order valence-electron chi connectivity index (χ0n) is 6.55. The van der Waals surface area contributed by atoms with Gasteiger partial charge in [-0.2, -0.15) is 0 Å². The van der Waals surface area contributed by atoms with E-state index in [1.54, 1.807) is 6.08 Å². The van der Waals surface area contributed by atoms with Crippen LogP contribution in [0.1, 0.15) is 19.3 Å². The van der Waals surface area contributed by atoms with E-state index < -0.39 is 0 Å². The van der Waals surface area contributed by atoms with E-state index in [2.05, 4.69) is 28.6 Å². The molecule has 0 fully saturated rings. The fourth-order valence-corrected chi connectivity index (χ4v) is 1.75. The molecule has 0 bridgehead atoms. The molecule has 0 spiro atoms. The number of hydrogen-bond donors (Lipinski definition) is 0. The van der Waals surface area contributed by atoms with Gasteiger partial charge in [0, 0.05) is 4.48 Å². The van der Waals surface area contributed by atoms with Crippen LogP contribution in [0.4, 0.5) is 0 Å². The third-order valence-electron chi connectivity index (χ3n) is 1.73. The number of ether oxygens (including phenoxy) is 1. The molecular formula is C9H13BrO. The predicted molar refractivity (Wildman–Crippen MR) is 50.8 cm³/mol. The Morgan fingerprint density at radius 3 is 3.27 bits per heavy atom. The van der Waals surface area contributed by atoms with Crippen molar-refractivity contribution in [3.05, 3.63) is 23.2 Å². The average molecular weight is 217 g/mol. The molecular weight excluding hydrogens is 204 g/mol. The third-order valence-corrected chi connectivity index (χ3v) is 2.57. The largest absolute Gasteiger partial charge is 0.369 e. The van der Waals surface area contributed by atoms with Gasteiger partial charge in [-0.25, -0.2) is 0 Å². The Kier molecular flexibility index (Phi) is 3.87. The van der Waals surface area contributed by atoms with Crippen molar-refractivity contribution in [3.63, 3.8) is 0 Å². The van der Waals surface area contributed by atoms with Crippen LogP contribution in [-0.2, 0) is 4.74 Å². The van der Waals surface area contributed by atoms with E-state index in [0.29, 0.717) is 6.61 Å². The molecule has 1 atom stereocenters. The zero-order chi connectivity index (χ0) is 8.10. The fraction of sp³-hybridized carbons (Fsp3) is 0.556. The van der Waals surface area contributed by atoms with Crippen molar-refractivity contribution in [2.75, 3.05) is 6.61 Å². The Labute approximate surface area is 76.3 Å². The highest BCUT2D eigenvalue weighted by molar-refractivity contribution is 9.11. The van der Waals surface area contributed by atoms with Crippen molar-refractivity contribution in [1.29, 1.82) is 0 Å². The summed E-state index contributed by atoms with van der Waals surface area (Å²) in [6.45, 7) is 4.26. The van der Waals surface area contributed by atoms with Gasteiger partial charge in [0.05, 0.1) is 12.7 Å². The summed E-state index contributed by atoms with van der Waals surface area (Å²) in [5, 5.41) is 0. The van der Waals surface area contributed by atoms with E-state index in [1.165, 1.54) is 17.3 Å². The lowest BCUT2D eigenvalue weighted by Gasteiger charge is -2.19. The molecule has 0 aromatic heterocycles. The molecule has 1 nitrogen and oxygen atoms in total. The molecule has 0 N–H and O–H groups in total. The summed E-state index contributed by atoms with van der Waals surface area (Å²) in [5.74, 6) is 0.